The van der Waals surface area contributed by atoms with E-state index in [0.29, 0.717) is 18.7 Å². The van der Waals surface area contributed by atoms with E-state index in [-0.39, 0.29) is 5.78 Å². The number of rotatable bonds is 5. The summed E-state index contributed by atoms with van der Waals surface area (Å²) in [5, 5.41) is 0. The van der Waals surface area contributed by atoms with Crippen LogP contribution in [-0.4, -0.2) is 17.0 Å². The Morgan fingerprint density at radius 1 is 1.11 bits per heavy atom. The van der Waals surface area contributed by atoms with Crippen molar-refractivity contribution in [2.45, 2.75) is 13.0 Å². The van der Waals surface area contributed by atoms with Crippen LogP contribution in [-0.2, 0) is 6.54 Å². The Morgan fingerprint density at radius 2 is 1.89 bits per heavy atom. The van der Waals surface area contributed by atoms with E-state index in [0.717, 1.165) is 5.56 Å². The zero-order chi connectivity index (χ0) is 12.6. The Balaban J connectivity index is 1.83. The van der Waals surface area contributed by atoms with E-state index in [1.807, 2.05) is 30.3 Å². The summed E-state index contributed by atoms with van der Waals surface area (Å²) in [6.07, 6.45) is 3.57. The second kappa shape index (κ2) is 6.45. The van der Waals surface area contributed by atoms with Gasteiger partial charge in [-0.15, -0.1) is 0 Å². The number of hydrogen-bond donors (Lipinski definition) is 0. The van der Waals surface area contributed by atoms with Crippen LogP contribution in [0, 0.1) is 0 Å². The molecule has 0 N–H and O–H groups in total. The predicted molar refractivity (Wildman–Crippen MR) is 71.8 cm³/mol. The van der Waals surface area contributed by atoms with Gasteiger partial charge in [-0.05, 0) is 17.7 Å². The lowest BCUT2D eigenvalue weighted by molar-refractivity contribution is 0.0997. The number of pyridine rings is 1. The molecule has 2 rings (SSSR count). The lowest BCUT2D eigenvalue weighted by Gasteiger charge is -1.96. The predicted octanol–water partition coefficient (Wildman–Crippen LogP) is 2.93. The maximum Gasteiger partial charge on any atom is 0.186 e. The molecule has 1 aromatic carbocycles. The first-order valence-electron chi connectivity index (χ1n) is 5.83. The number of aromatic nitrogens is 1. The van der Waals surface area contributed by atoms with Gasteiger partial charge in [0.05, 0.1) is 6.54 Å². The van der Waals surface area contributed by atoms with Crippen LogP contribution in [0.25, 0.3) is 0 Å². The van der Waals surface area contributed by atoms with Gasteiger partial charge in [-0.1, -0.05) is 36.4 Å². The van der Waals surface area contributed by atoms with Crippen LogP contribution in [0.4, 0.5) is 0 Å². The normalized spacial score (nSPS) is 10.7. The summed E-state index contributed by atoms with van der Waals surface area (Å²) in [5.41, 5.74) is 1.63. The standard InChI is InChI=1S/C15H14N2O/c18-15(14-8-4-5-10-17-14)9-11-16-12-13-6-2-1-3-7-13/h1-8,10-11H,9,12H2. The van der Waals surface area contributed by atoms with E-state index in [2.05, 4.69) is 9.98 Å². The zero-order valence-electron chi connectivity index (χ0n) is 9.99. The van der Waals surface area contributed by atoms with Gasteiger partial charge in [0.2, 0.25) is 0 Å². The van der Waals surface area contributed by atoms with Crippen molar-refractivity contribution in [3.05, 3.63) is 66.0 Å². The maximum absolute atomic E-state index is 11.7. The fraction of sp³-hybridized carbons (Fsp3) is 0.133. The van der Waals surface area contributed by atoms with Crippen LogP contribution in [0.2, 0.25) is 0 Å². The van der Waals surface area contributed by atoms with Crippen molar-refractivity contribution in [1.82, 2.24) is 4.98 Å². The van der Waals surface area contributed by atoms with E-state index < -0.39 is 0 Å². The molecule has 0 aliphatic heterocycles. The van der Waals surface area contributed by atoms with Crippen molar-refractivity contribution in [3.63, 3.8) is 0 Å². The van der Waals surface area contributed by atoms with Crippen LogP contribution < -0.4 is 0 Å². The molecule has 0 saturated heterocycles. The van der Waals surface area contributed by atoms with Crippen LogP contribution >= 0.6 is 0 Å². The number of aliphatic imine (C=N–C) groups is 1. The summed E-state index contributed by atoms with van der Waals surface area (Å²) in [6, 6.07) is 15.3. The molecule has 0 aliphatic rings. The van der Waals surface area contributed by atoms with Gasteiger partial charge in [0.1, 0.15) is 5.69 Å². The Labute approximate surface area is 106 Å². The van der Waals surface area contributed by atoms with Crippen molar-refractivity contribution in [3.8, 4) is 0 Å². The fourth-order valence-electron chi connectivity index (χ4n) is 1.53. The highest BCUT2D eigenvalue weighted by Crippen LogP contribution is 2.01. The molecule has 1 aromatic heterocycles. The molecule has 0 spiro atoms. The van der Waals surface area contributed by atoms with Gasteiger partial charge in [-0.25, -0.2) is 0 Å². The largest absolute Gasteiger partial charge is 0.292 e. The number of nitrogens with zero attached hydrogens (tertiary/aromatic N) is 2. The molecule has 0 atom stereocenters. The summed E-state index contributed by atoms with van der Waals surface area (Å²) in [6.45, 7) is 0.607. The minimum atomic E-state index is -0.00703. The summed E-state index contributed by atoms with van der Waals surface area (Å²) in [4.78, 5) is 19.9. The number of carbonyl (C=O) groups is 1. The Hall–Kier alpha value is -2.29. The summed E-state index contributed by atoms with van der Waals surface area (Å²) in [5.74, 6) is -0.00703. The summed E-state index contributed by atoms with van der Waals surface area (Å²) in [7, 11) is 0. The molecule has 0 unspecified atom stereocenters. The zero-order valence-corrected chi connectivity index (χ0v) is 9.99. The van der Waals surface area contributed by atoms with Gasteiger partial charge in [0.25, 0.3) is 0 Å². The Morgan fingerprint density at radius 3 is 2.61 bits per heavy atom. The van der Waals surface area contributed by atoms with Gasteiger partial charge in [0.15, 0.2) is 5.78 Å². The van der Waals surface area contributed by atoms with E-state index in [4.69, 9.17) is 0 Å². The molecular formula is C15H14N2O. The molecule has 3 nitrogen and oxygen atoms in total. The van der Waals surface area contributed by atoms with Crippen molar-refractivity contribution in [1.29, 1.82) is 0 Å². The third-order valence-corrected chi connectivity index (χ3v) is 2.47. The average molecular weight is 238 g/mol. The third-order valence-electron chi connectivity index (χ3n) is 2.47. The van der Waals surface area contributed by atoms with E-state index in [1.54, 1.807) is 30.6 Å². The van der Waals surface area contributed by atoms with Crippen molar-refractivity contribution < 1.29 is 4.79 Å². The van der Waals surface area contributed by atoms with Crippen LogP contribution in [0.15, 0.2) is 59.7 Å². The summed E-state index contributed by atoms with van der Waals surface area (Å²) < 4.78 is 0. The number of ketones is 1. The molecule has 1 heterocycles. The van der Waals surface area contributed by atoms with E-state index in [9.17, 15) is 4.79 Å². The number of Topliss-reactive ketones (excluding diaryl/α,β-unsaturated/α-hetero) is 1. The molecule has 3 heteroatoms. The fourth-order valence-corrected chi connectivity index (χ4v) is 1.53. The second-order valence-corrected chi connectivity index (χ2v) is 3.85. The van der Waals surface area contributed by atoms with Crippen LogP contribution in [0.5, 0.6) is 0 Å². The molecule has 0 radical (unpaired) electrons. The average Bonchev–Trinajstić information content (AvgIpc) is 2.45. The van der Waals surface area contributed by atoms with Crippen LogP contribution in [0.1, 0.15) is 22.5 Å². The highest BCUT2D eigenvalue weighted by atomic mass is 16.1. The number of hydrogen-bond acceptors (Lipinski definition) is 3. The third kappa shape index (κ3) is 3.63. The van der Waals surface area contributed by atoms with E-state index in [1.165, 1.54) is 0 Å². The Kier molecular flexibility index (Phi) is 4.36. The van der Waals surface area contributed by atoms with Gasteiger partial charge >= 0.3 is 0 Å². The lowest BCUT2D eigenvalue weighted by atomic mass is 10.2. The minimum absolute atomic E-state index is 0.00703. The van der Waals surface area contributed by atoms with E-state index >= 15 is 0 Å². The SMILES string of the molecule is O=C(CC=NCc1ccccc1)c1ccccn1. The molecular weight excluding hydrogens is 224 g/mol. The second-order valence-electron chi connectivity index (χ2n) is 3.85. The monoisotopic (exact) mass is 238 g/mol. The maximum atomic E-state index is 11.7. The van der Waals surface area contributed by atoms with Gasteiger partial charge in [-0.2, -0.15) is 0 Å². The molecule has 0 amide bonds. The topological polar surface area (TPSA) is 42.3 Å². The Bertz CT molecular complexity index is 521. The van der Waals surface area contributed by atoms with Gasteiger partial charge in [-0.3, -0.25) is 14.8 Å². The number of benzene rings is 1. The van der Waals surface area contributed by atoms with Crippen molar-refractivity contribution >= 4 is 12.0 Å². The first-order chi connectivity index (χ1) is 8.86. The van der Waals surface area contributed by atoms with Crippen molar-refractivity contribution in [2.24, 2.45) is 4.99 Å². The molecule has 90 valence electrons. The first-order valence-corrected chi connectivity index (χ1v) is 5.83. The minimum Gasteiger partial charge on any atom is -0.292 e. The number of carbonyl (C=O) groups excluding carboxylic acids is 1. The molecule has 0 bridgehead atoms. The molecule has 18 heavy (non-hydrogen) atoms. The van der Waals surface area contributed by atoms with Crippen LogP contribution in [0.3, 0.4) is 0 Å². The molecule has 0 fully saturated rings. The lowest BCUT2D eigenvalue weighted by Crippen LogP contribution is -2.01. The molecule has 0 saturated carbocycles. The molecule has 0 aliphatic carbocycles. The summed E-state index contributed by atoms with van der Waals surface area (Å²) >= 11 is 0. The first kappa shape index (κ1) is 12.2. The highest BCUT2D eigenvalue weighted by Gasteiger charge is 2.03. The quantitative estimate of drug-likeness (QED) is 0.593. The van der Waals surface area contributed by atoms with Crippen molar-refractivity contribution in [2.75, 3.05) is 0 Å². The smallest absolute Gasteiger partial charge is 0.186 e. The highest BCUT2D eigenvalue weighted by molar-refractivity contribution is 6.02. The molecule has 2 aromatic rings. The van der Waals surface area contributed by atoms with Gasteiger partial charge < -0.3 is 0 Å². The van der Waals surface area contributed by atoms with Gasteiger partial charge in [0, 0.05) is 18.8 Å².